The monoisotopic (exact) mass is 254 g/mol. The fourth-order valence-electron chi connectivity index (χ4n) is 3.20. The van der Waals surface area contributed by atoms with Crippen molar-refractivity contribution >= 4 is 0 Å². The first-order valence-corrected chi connectivity index (χ1v) is 7.65. The van der Waals surface area contributed by atoms with Crippen molar-refractivity contribution in [1.29, 1.82) is 0 Å². The minimum absolute atomic E-state index is 0.0402. The first-order chi connectivity index (χ1) is 8.55. The lowest BCUT2D eigenvalue weighted by molar-refractivity contribution is -0.0855. The van der Waals surface area contributed by atoms with E-state index in [4.69, 9.17) is 4.74 Å². The number of rotatable bonds is 4. The third kappa shape index (κ3) is 4.52. The Bertz CT molecular complexity index is 247. The summed E-state index contributed by atoms with van der Waals surface area (Å²) >= 11 is 0. The third-order valence-corrected chi connectivity index (χ3v) is 4.38. The van der Waals surface area contributed by atoms with Crippen LogP contribution < -0.4 is 5.32 Å². The summed E-state index contributed by atoms with van der Waals surface area (Å²) in [5, 5.41) is 3.73. The van der Waals surface area contributed by atoms with E-state index in [0.717, 1.165) is 38.2 Å². The zero-order valence-electron chi connectivity index (χ0n) is 12.4. The molecule has 18 heavy (non-hydrogen) atoms. The number of nitrogens with zero attached hydrogens (tertiary/aromatic N) is 1. The van der Waals surface area contributed by atoms with E-state index in [1.807, 2.05) is 0 Å². The maximum atomic E-state index is 5.74. The van der Waals surface area contributed by atoms with E-state index in [9.17, 15) is 0 Å². The van der Waals surface area contributed by atoms with E-state index in [1.54, 1.807) is 0 Å². The molecule has 0 amide bonds. The van der Waals surface area contributed by atoms with Gasteiger partial charge in [0.2, 0.25) is 0 Å². The highest BCUT2D eigenvalue weighted by molar-refractivity contribution is 4.80. The standard InChI is InChI=1S/C15H30N2O/c1-13-4-6-14(7-5-13)16-8-9-17-10-11-18-15(2,3)12-17/h13-14,16H,4-12H2,1-3H3. The number of nitrogens with one attached hydrogen (secondary N) is 1. The van der Waals surface area contributed by atoms with Crippen LogP contribution in [-0.2, 0) is 4.74 Å². The molecule has 1 heterocycles. The Balaban J connectivity index is 1.60. The summed E-state index contributed by atoms with van der Waals surface area (Å²) in [7, 11) is 0. The molecular formula is C15H30N2O. The molecule has 3 heteroatoms. The van der Waals surface area contributed by atoms with Gasteiger partial charge in [-0.3, -0.25) is 4.90 Å². The third-order valence-electron chi connectivity index (χ3n) is 4.38. The smallest absolute Gasteiger partial charge is 0.0753 e. The summed E-state index contributed by atoms with van der Waals surface area (Å²) in [6.45, 7) is 12.1. The van der Waals surface area contributed by atoms with Crippen LogP contribution in [0.3, 0.4) is 0 Å². The largest absolute Gasteiger partial charge is 0.373 e. The van der Waals surface area contributed by atoms with Crippen LogP contribution in [0.25, 0.3) is 0 Å². The van der Waals surface area contributed by atoms with Crippen molar-refractivity contribution in [2.24, 2.45) is 5.92 Å². The molecule has 2 aliphatic rings. The summed E-state index contributed by atoms with van der Waals surface area (Å²) in [6, 6.07) is 0.773. The maximum absolute atomic E-state index is 5.74. The van der Waals surface area contributed by atoms with Gasteiger partial charge in [-0.25, -0.2) is 0 Å². The van der Waals surface area contributed by atoms with Gasteiger partial charge in [0, 0.05) is 32.2 Å². The van der Waals surface area contributed by atoms with Crippen molar-refractivity contribution < 1.29 is 4.74 Å². The van der Waals surface area contributed by atoms with Crippen molar-refractivity contribution in [3.8, 4) is 0 Å². The summed E-state index contributed by atoms with van der Waals surface area (Å²) in [6.07, 6.45) is 5.55. The van der Waals surface area contributed by atoms with Crippen LogP contribution in [0.2, 0.25) is 0 Å². The second kappa shape index (κ2) is 6.36. The Hall–Kier alpha value is -0.120. The molecule has 0 atom stereocenters. The summed E-state index contributed by atoms with van der Waals surface area (Å²) in [5.74, 6) is 0.947. The van der Waals surface area contributed by atoms with Crippen molar-refractivity contribution in [3.05, 3.63) is 0 Å². The van der Waals surface area contributed by atoms with Crippen LogP contribution >= 0.6 is 0 Å². The molecule has 0 spiro atoms. The minimum atomic E-state index is 0.0402. The van der Waals surface area contributed by atoms with Gasteiger partial charge in [0.15, 0.2) is 0 Å². The van der Waals surface area contributed by atoms with E-state index in [-0.39, 0.29) is 5.60 Å². The molecule has 2 rings (SSSR count). The molecule has 106 valence electrons. The molecule has 0 unspecified atom stereocenters. The van der Waals surface area contributed by atoms with E-state index >= 15 is 0 Å². The Morgan fingerprint density at radius 2 is 1.94 bits per heavy atom. The summed E-state index contributed by atoms with van der Waals surface area (Å²) in [4.78, 5) is 2.53. The molecule has 1 saturated carbocycles. The Morgan fingerprint density at radius 1 is 1.22 bits per heavy atom. The number of morpholine rings is 1. The van der Waals surface area contributed by atoms with E-state index in [1.165, 1.54) is 32.2 Å². The van der Waals surface area contributed by atoms with Crippen LogP contribution in [0.5, 0.6) is 0 Å². The maximum Gasteiger partial charge on any atom is 0.0753 e. The number of hydrogen-bond donors (Lipinski definition) is 1. The minimum Gasteiger partial charge on any atom is -0.373 e. The average molecular weight is 254 g/mol. The second-order valence-corrected chi connectivity index (χ2v) is 6.80. The Labute approximate surface area is 112 Å². The molecule has 0 bridgehead atoms. The molecule has 1 aliphatic heterocycles. The van der Waals surface area contributed by atoms with E-state index in [0.29, 0.717) is 0 Å². The molecule has 0 radical (unpaired) electrons. The second-order valence-electron chi connectivity index (χ2n) is 6.80. The van der Waals surface area contributed by atoms with Gasteiger partial charge in [0.1, 0.15) is 0 Å². The first-order valence-electron chi connectivity index (χ1n) is 7.65. The van der Waals surface area contributed by atoms with Gasteiger partial charge in [-0.05, 0) is 45.4 Å². The van der Waals surface area contributed by atoms with Crippen molar-refractivity contribution in [2.45, 2.75) is 58.1 Å². The molecular weight excluding hydrogens is 224 g/mol. The van der Waals surface area contributed by atoms with Crippen LogP contribution in [0.4, 0.5) is 0 Å². The molecule has 1 saturated heterocycles. The van der Waals surface area contributed by atoms with Gasteiger partial charge in [-0.1, -0.05) is 6.92 Å². The zero-order valence-corrected chi connectivity index (χ0v) is 12.4. The summed E-state index contributed by atoms with van der Waals surface area (Å²) < 4.78 is 5.74. The molecule has 1 aliphatic carbocycles. The van der Waals surface area contributed by atoms with Gasteiger partial charge < -0.3 is 10.1 Å². The lowest BCUT2D eigenvalue weighted by atomic mass is 9.87. The van der Waals surface area contributed by atoms with Gasteiger partial charge in [0.05, 0.1) is 12.2 Å². The predicted octanol–water partition coefficient (Wildman–Crippen LogP) is 2.27. The SMILES string of the molecule is CC1CCC(NCCN2CCOC(C)(C)C2)CC1. The fourth-order valence-corrected chi connectivity index (χ4v) is 3.20. The first kappa shape index (κ1) is 14.3. The molecule has 0 aromatic rings. The van der Waals surface area contributed by atoms with E-state index in [2.05, 4.69) is 31.0 Å². The number of ether oxygens (including phenoxy) is 1. The normalized spacial score (nSPS) is 33.5. The molecule has 0 aromatic carbocycles. The quantitative estimate of drug-likeness (QED) is 0.833. The highest BCUT2D eigenvalue weighted by atomic mass is 16.5. The zero-order chi connectivity index (χ0) is 13.0. The molecule has 2 fully saturated rings. The van der Waals surface area contributed by atoms with Crippen LogP contribution in [0.15, 0.2) is 0 Å². The highest BCUT2D eigenvalue weighted by Crippen LogP contribution is 2.23. The van der Waals surface area contributed by atoms with Crippen molar-refractivity contribution in [2.75, 3.05) is 32.8 Å². The lowest BCUT2D eigenvalue weighted by Gasteiger charge is -2.38. The van der Waals surface area contributed by atoms with Crippen molar-refractivity contribution in [1.82, 2.24) is 10.2 Å². The Kier molecular flexibility index (Phi) is 5.05. The van der Waals surface area contributed by atoms with Crippen molar-refractivity contribution in [3.63, 3.8) is 0 Å². The van der Waals surface area contributed by atoms with Crippen LogP contribution in [0, 0.1) is 5.92 Å². The van der Waals surface area contributed by atoms with E-state index < -0.39 is 0 Å². The molecule has 0 aromatic heterocycles. The topological polar surface area (TPSA) is 24.5 Å². The predicted molar refractivity (Wildman–Crippen MR) is 75.9 cm³/mol. The van der Waals surface area contributed by atoms with Crippen LogP contribution in [-0.4, -0.2) is 49.3 Å². The molecule has 3 nitrogen and oxygen atoms in total. The van der Waals surface area contributed by atoms with Crippen LogP contribution in [0.1, 0.15) is 46.5 Å². The van der Waals surface area contributed by atoms with Gasteiger partial charge in [-0.15, -0.1) is 0 Å². The average Bonchev–Trinajstić information content (AvgIpc) is 2.30. The lowest BCUT2D eigenvalue weighted by Crippen LogP contribution is -2.50. The summed E-state index contributed by atoms with van der Waals surface area (Å²) in [5.41, 5.74) is 0.0402. The Morgan fingerprint density at radius 3 is 2.61 bits per heavy atom. The van der Waals surface area contributed by atoms with Gasteiger partial charge in [0.25, 0.3) is 0 Å². The fraction of sp³-hybridized carbons (Fsp3) is 1.00. The van der Waals surface area contributed by atoms with Gasteiger partial charge >= 0.3 is 0 Å². The number of hydrogen-bond acceptors (Lipinski definition) is 3. The van der Waals surface area contributed by atoms with Gasteiger partial charge in [-0.2, -0.15) is 0 Å². The molecule has 1 N–H and O–H groups in total. The highest BCUT2D eigenvalue weighted by Gasteiger charge is 2.26.